The molecule has 0 amide bonds. The first-order valence-corrected chi connectivity index (χ1v) is 14.9. The van der Waals surface area contributed by atoms with Crippen molar-refractivity contribution in [3.63, 3.8) is 0 Å². The fourth-order valence-corrected chi connectivity index (χ4v) is 5.99. The van der Waals surface area contributed by atoms with Crippen LogP contribution in [0.4, 0.5) is 0 Å². The fraction of sp³-hybridized carbons (Fsp3) is 0.471. The van der Waals surface area contributed by atoms with Crippen molar-refractivity contribution in [2.45, 2.75) is 50.7 Å². The van der Waals surface area contributed by atoms with Crippen molar-refractivity contribution in [1.82, 2.24) is 15.1 Å². The zero-order valence-electron chi connectivity index (χ0n) is 23.6. The summed E-state index contributed by atoms with van der Waals surface area (Å²) in [6.45, 7) is 8.63. The second-order valence-corrected chi connectivity index (χ2v) is 11.1. The Kier molecular flexibility index (Phi) is 10.3. The standard InChI is InChI=1S/C34H45N3O2/c1-38-34-25-28(26-35-19-24-36-20-9-4-10-21-36)15-16-33(34)39-31-17-22-37(23-18-31)27-32(29-11-5-2-6-12-29)30-13-7-3-8-14-30/h2-3,5-8,11-16,25,31-32,35H,4,9-10,17-24,26-27H2,1H3. The molecule has 2 aliphatic rings. The van der Waals surface area contributed by atoms with Gasteiger partial charge in [-0.25, -0.2) is 0 Å². The Morgan fingerprint density at radius 3 is 2.08 bits per heavy atom. The summed E-state index contributed by atoms with van der Waals surface area (Å²) in [6.07, 6.45) is 6.35. The van der Waals surface area contributed by atoms with Crippen LogP contribution in [0.2, 0.25) is 0 Å². The molecule has 5 nitrogen and oxygen atoms in total. The third kappa shape index (κ3) is 8.07. The number of hydrogen-bond acceptors (Lipinski definition) is 5. The van der Waals surface area contributed by atoms with Crippen molar-refractivity contribution in [2.24, 2.45) is 0 Å². The Morgan fingerprint density at radius 1 is 0.769 bits per heavy atom. The lowest BCUT2D eigenvalue weighted by Crippen LogP contribution is -2.40. The maximum atomic E-state index is 6.48. The first kappa shape index (κ1) is 27.7. The largest absolute Gasteiger partial charge is 0.493 e. The van der Waals surface area contributed by atoms with Crippen molar-refractivity contribution in [1.29, 1.82) is 0 Å². The molecule has 2 saturated heterocycles. The average Bonchev–Trinajstić information content (AvgIpc) is 3.01. The lowest BCUT2D eigenvalue weighted by atomic mass is 9.90. The number of benzene rings is 3. The maximum Gasteiger partial charge on any atom is 0.161 e. The minimum atomic E-state index is 0.218. The Bertz CT molecular complexity index is 1070. The van der Waals surface area contributed by atoms with Crippen LogP contribution < -0.4 is 14.8 Å². The zero-order chi connectivity index (χ0) is 26.7. The molecular formula is C34H45N3O2. The van der Waals surface area contributed by atoms with Crippen molar-refractivity contribution in [3.8, 4) is 11.5 Å². The number of methoxy groups -OCH3 is 1. The molecule has 0 saturated carbocycles. The van der Waals surface area contributed by atoms with Crippen LogP contribution in [0.3, 0.4) is 0 Å². The predicted octanol–water partition coefficient (Wildman–Crippen LogP) is 5.95. The normalized spacial score (nSPS) is 17.4. The van der Waals surface area contributed by atoms with Gasteiger partial charge in [0, 0.05) is 45.2 Å². The van der Waals surface area contributed by atoms with Crippen LogP contribution in [0.25, 0.3) is 0 Å². The highest BCUT2D eigenvalue weighted by Crippen LogP contribution is 2.32. The van der Waals surface area contributed by atoms with Crippen LogP contribution in [0, 0.1) is 0 Å². The Balaban J connectivity index is 1.10. The van der Waals surface area contributed by atoms with Crippen molar-refractivity contribution >= 4 is 0 Å². The first-order chi connectivity index (χ1) is 19.3. The van der Waals surface area contributed by atoms with E-state index in [2.05, 4.69) is 94.0 Å². The molecule has 2 heterocycles. The van der Waals surface area contributed by atoms with Gasteiger partial charge in [0.25, 0.3) is 0 Å². The molecule has 0 spiro atoms. The molecular weight excluding hydrogens is 482 g/mol. The van der Waals surface area contributed by atoms with Crippen molar-refractivity contribution < 1.29 is 9.47 Å². The van der Waals surface area contributed by atoms with Gasteiger partial charge in [-0.3, -0.25) is 0 Å². The van der Waals surface area contributed by atoms with Gasteiger partial charge in [0.2, 0.25) is 0 Å². The Hall–Kier alpha value is -2.86. The lowest BCUT2D eigenvalue weighted by Gasteiger charge is -2.35. The van der Waals surface area contributed by atoms with E-state index in [1.807, 2.05) is 0 Å². The van der Waals surface area contributed by atoms with Crippen LogP contribution in [-0.4, -0.2) is 68.8 Å². The first-order valence-electron chi connectivity index (χ1n) is 14.9. The molecule has 3 aromatic rings. The topological polar surface area (TPSA) is 37.0 Å². The van der Waals surface area contributed by atoms with E-state index in [1.54, 1.807) is 7.11 Å². The SMILES string of the molecule is COc1cc(CNCCN2CCCCC2)ccc1OC1CCN(CC(c2ccccc2)c2ccccc2)CC1. The van der Waals surface area contributed by atoms with E-state index in [1.165, 1.54) is 49.0 Å². The minimum absolute atomic E-state index is 0.218. The van der Waals surface area contributed by atoms with Gasteiger partial charge in [-0.2, -0.15) is 0 Å². The molecule has 0 bridgehead atoms. The van der Waals surface area contributed by atoms with Crippen LogP contribution >= 0.6 is 0 Å². The molecule has 2 fully saturated rings. The number of nitrogens with zero attached hydrogens (tertiary/aromatic N) is 2. The summed E-state index contributed by atoms with van der Waals surface area (Å²) in [7, 11) is 1.74. The number of piperidine rings is 2. The predicted molar refractivity (Wildman–Crippen MR) is 160 cm³/mol. The lowest BCUT2D eigenvalue weighted by molar-refractivity contribution is 0.0963. The van der Waals surface area contributed by atoms with Gasteiger partial charge in [-0.15, -0.1) is 0 Å². The summed E-state index contributed by atoms with van der Waals surface area (Å²) < 4.78 is 12.2. The summed E-state index contributed by atoms with van der Waals surface area (Å²) in [5.74, 6) is 2.08. The van der Waals surface area contributed by atoms with Gasteiger partial charge < -0.3 is 24.6 Å². The molecule has 39 heavy (non-hydrogen) atoms. The second kappa shape index (κ2) is 14.5. The van der Waals surface area contributed by atoms with Crippen LogP contribution in [-0.2, 0) is 6.54 Å². The van der Waals surface area contributed by atoms with E-state index in [0.29, 0.717) is 5.92 Å². The summed E-state index contributed by atoms with van der Waals surface area (Å²) in [5, 5.41) is 3.60. The number of hydrogen-bond donors (Lipinski definition) is 1. The maximum absolute atomic E-state index is 6.48. The van der Waals surface area contributed by atoms with Crippen LogP contribution in [0.1, 0.15) is 54.7 Å². The van der Waals surface area contributed by atoms with E-state index in [-0.39, 0.29) is 6.10 Å². The van der Waals surface area contributed by atoms with Crippen LogP contribution in [0.15, 0.2) is 78.9 Å². The molecule has 3 aromatic carbocycles. The van der Waals surface area contributed by atoms with Crippen molar-refractivity contribution in [3.05, 3.63) is 95.6 Å². The fourth-order valence-electron chi connectivity index (χ4n) is 5.99. The Labute approximate surface area is 235 Å². The van der Waals surface area contributed by atoms with E-state index >= 15 is 0 Å². The van der Waals surface area contributed by atoms with Crippen molar-refractivity contribution in [2.75, 3.05) is 52.9 Å². The van der Waals surface area contributed by atoms with Gasteiger partial charge in [-0.05, 0) is 67.6 Å². The van der Waals surface area contributed by atoms with E-state index in [9.17, 15) is 0 Å². The molecule has 0 radical (unpaired) electrons. The molecule has 0 unspecified atom stereocenters. The van der Waals surface area contributed by atoms with E-state index < -0.39 is 0 Å². The highest BCUT2D eigenvalue weighted by Gasteiger charge is 2.25. The van der Waals surface area contributed by atoms with Gasteiger partial charge in [0.1, 0.15) is 6.10 Å². The van der Waals surface area contributed by atoms with E-state index in [4.69, 9.17) is 9.47 Å². The second-order valence-electron chi connectivity index (χ2n) is 11.1. The summed E-state index contributed by atoms with van der Waals surface area (Å²) in [5.41, 5.74) is 4.00. The van der Waals surface area contributed by atoms with E-state index in [0.717, 1.165) is 63.6 Å². The van der Waals surface area contributed by atoms with Gasteiger partial charge in [0.05, 0.1) is 7.11 Å². The monoisotopic (exact) mass is 527 g/mol. The highest BCUT2D eigenvalue weighted by atomic mass is 16.5. The molecule has 0 aliphatic carbocycles. The summed E-state index contributed by atoms with van der Waals surface area (Å²) >= 11 is 0. The quantitative estimate of drug-likeness (QED) is 0.295. The highest BCUT2D eigenvalue weighted by molar-refractivity contribution is 5.43. The molecule has 2 aliphatic heterocycles. The number of ether oxygens (including phenoxy) is 2. The number of rotatable bonds is 12. The molecule has 5 rings (SSSR count). The third-order valence-corrected chi connectivity index (χ3v) is 8.28. The number of likely N-dealkylation sites (tertiary alicyclic amines) is 2. The third-order valence-electron chi connectivity index (χ3n) is 8.28. The molecule has 5 heteroatoms. The van der Waals surface area contributed by atoms with Gasteiger partial charge in [-0.1, -0.05) is 73.2 Å². The number of nitrogens with one attached hydrogen (secondary N) is 1. The minimum Gasteiger partial charge on any atom is -0.493 e. The summed E-state index contributed by atoms with van der Waals surface area (Å²) in [4.78, 5) is 5.17. The summed E-state index contributed by atoms with van der Waals surface area (Å²) in [6, 6.07) is 28.2. The molecule has 1 N–H and O–H groups in total. The van der Waals surface area contributed by atoms with Gasteiger partial charge in [0.15, 0.2) is 11.5 Å². The molecule has 208 valence electrons. The smallest absolute Gasteiger partial charge is 0.161 e. The molecule has 0 atom stereocenters. The van der Waals surface area contributed by atoms with Crippen LogP contribution in [0.5, 0.6) is 11.5 Å². The molecule has 0 aromatic heterocycles. The average molecular weight is 528 g/mol. The zero-order valence-corrected chi connectivity index (χ0v) is 23.6. The Morgan fingerprint density at radius 2 is 1.44 bits per heavy atom. The van der Waals surface area contributed by atoms with Gasteiger partial charge >= 0.3 is 0 Å².